The molecule has 0 amide bonds. The molecule has 3 nitrogen and oxygen atoms in total. The SMILES string of the molecule is CNCC1CCC(C2CCC(C)O2)O1. The summed E-state index contributed by atoms with van der Waals surface area (Å²) in [6.07, 6.45) is 6.30. The van der Waals surface area contributed by atoms with Gasteiger partial charge in [-0.15, -0.1) is 0 Å². The van der Waals surface area contributed by atoms with Crippen LogP contribution in [0.15, 0.2) is 0 Å². The van der Waals surface area contributed by atoms with Gasteiger partial charge in [-0.2, -0.15) is 0 Å². The van der Waals surface area contributed by atoms with Crippen molar-refractivity contribution in [2.75, 3.05) is 13.6 Å². The van der Waals surface area contributed by atoms with Gasteiger partial charge in [-0.25, -0.2) is 0 Å². The first-order valence-corrected chi connectivity index (χ1v) is 5.75. The van der Waals surface area contributed by atoms with Gasteiger partial charge in [-0.1, -0.05) is 0 Å². The van der Waals surface area contributed by atoms with Gasteiger partial charge in [0.05, 0.1) is 24.4 Å². The van der Waals surface area contributed by atoms with Gasteiger partial charge in [0.1, 0.15) is 0 Å². The Bertz CT molecular complexity index is 186. The molecular weight excluding hydrogens is 178 g/mol. The maximum atomic E-state index is 5.95. The minimum absolute atomic E-state index is 0.360. The van der Waals surface area contributed by atoms with Crippen molar-refractivity contribution in [2.45, 2.75) is 57.0 Å². The average molecular weight is 199 g/mol. The molecule has 4 unspecified atom stereocenters. The van der Waals surface area contributed by atoms with Gasteiger partial charge in [0.15, 0.2) is 0 Å². The minimum atomic E-state index is 0.360. The molecule has 0 spiro atoms. The van der Waals surface area contributed by atoms with Gasteiger partial charge in [-0.05, 0) is 39.7 Å². The number of nitrogens with one attached hydrogen (secondary N) is 1. The molecule has 3 heteroatoms. The molecule has 0 aromatic carbocycles. The first-order valence-electron chi connectivity index (χ1n) is 5.75. The molecule has 2 heterocycles. The molecule has 0 aromatic heterocycles. The predicted octanol–water partition coefficient (Wildman–Crippen LogP) is 1.32. The van der Waals surface area contributed by atoms with Crippen molar-refractivity contribution in [1.82, 2.24) is 5.32 Å². The average Bonchev–Trinajstić information content (AvgIpc) is 2.74. The summed E-state index contributed by atoms with van der Waals surface area (Å²) in [5.41, 5.74) is 0. The summed E-state index contributed by atoms with van der Waals surface area (Å²) in [5, 5.41) is 3.16. The summed E-state index contributed by atoms with van der Waals surface area (Å²) in [7, 11) is 1.98. The zero-order valence-electron chi connectivity index (χ0n) is 9.16. The Morgan fingerprint density at radius 2 is 1.79 bits per heavy atom. The second-order valence-electron chi connectivity index (χ2n) is 4.49. The quantitative estimate of drug-likeness (QED) is 0.743. The Kier molecular flexibility index (Phi) is 3.42. The fourth-order valence-corrected chi connectivity index (χ4v) is 2.49. The van der Waals surface area contributed by atoms with E-state index < -0.39 is 0 Å². The van der Waals surface area contributed by atoms with E-state index in [2.05, 4.69) is 12.2 Å². The van der Waals surface area contributed by atoms with Gasteiger partial charge in [0.25, 0.3) is 0 Å². The summed E-state index contributed by atoms with van der Waals surface area (Å²) >= 11 is 0. The van der Waals surface area contributed by atoms with Crippen LogP contribution in [0.2, 0.25) is 0 Å². The highest BCUT2D eigenvalue weighted by atomic mass is 16.6. The normalized spacial score (nSPS) is 43.3. The summed E-state index contributed by atoms with van der Waals surface area (Å²) < 4.78 is 11.8. The second kappa shape index (κ2) is 4.60. The highest BCUT2D eigenvalue weighted by molar-refractivity contribution is 4.84. The van der Waals surface area contributed by atoms with Crippen LogP contribution in [-0.4, -0.2) is 38.0 Å². The zero-order valence-corrected chi connectivity index (χ0v) is 9.16. The van der Waals surface area contributed by atoms with E-state index in [-0.39, 0.29) is 0 Å². The van der Waals surface area contributed by atoms with Crippen LogP contribution in [0.4, 0.5) is 0 Å². The Morgan fingerprint density at radius 1 is 1.07 bits per heavy atom. The van der Waals surface area contributed by atoms with E-state index in [0.29, 0.717) is 24.4 Å². The summed E-state index contributed by atoms with van der Waals surface area (Å²) in [5.74, 6) is 0. The largest absolute Gasteiger partial charge is 0.373 e. The van der Waals surface area contributed by atoms with E-state index in [9.17, 15) is 0 Å². The third-order valence-corrected chi connectivity index (χ3v) is 3.25. The number of hydrogen-bond donors (Lipinski definition) is 1. The zero-order chi connectivity index (χ0) is 9.97. The van der Waals surface area contributed by atoms with Gasteiger partial charge >= 0.3 is 0 Å². The van der Waals surface area contributed by atoms with Crippen LogP contribution in [0.5, 0.6) is 0 Å². The lowest BCUT2D eigenvalue weighted by atomic mass is 10.1. The van der Waals surface area contributed by atoms with E-state index in [0.717, 1.165) is 6.54 Å². The third kappa shape index (κ3) is 2.27. The van der Waals surface area contributed by atoms with Crippen molar-refractivity contribution in [1.29, 1.82) is 0 Å². The molecule has 2 aliphatic rings. The van der Waals surface area contributed by atoms with Crippen LogP contribution in [0, 0.1) is 0 Å². The van der Waals surface area contributed by atoms with Gasteiger partial charge in [-0.3, -0.25) is 0 Å². The highest BCUT2D eigenvalue weighted by Crippen LogP contribution is 2.30. The van der Waals surface area contributed by atoms with Crippen LogP contribution >= 0.6 is 0 Å². The van der Waals surface area contributed by atoms with Crippen molar-refractivity contribution >= 4 is 0 Å². The monoisotopic (exact) mass is 199 g/mol. The minimum Gasteiger partial charge on any atom is -0.373 e. The van der Waals surface area contributed by atoms with Crippen LogP contribution in [0.3, 0.4) is 0 Å². The fourth-order valence-electron chi connectivity index (χ4n) is 2.49. The molecule has 2 aliphatic heterocycles. The van der Waals surface area contributed by atoms with Crippen LogP contribution in [-0.2, 0) is 9.47 Å². The van der Waals surface area contributed by atoms with Crippen molar-refractivity contribution in [3.8, 4) is 0 Å². The molecule has 0 saturated carbocycles. The summed E-state index contributed by atoms with van der Waals surface area (Å²) in [6.45, 7) is 3.12. The molecule has 1 N–H and O–H groups in total. The molecule has 2 saturated heterocycles. The van der Waals surface area contributed by atoms with E-state index in [1.807, 2.05) is 7.05 Å². The molecule has 2 fully saturated rings. The number of rotatable bonds is 3. The van der Waals surface area contributed by atoms with Gasteiger partial charge in [0.2, 0.25) is 0 Å². The van der Waals surface area contributed by atoms with Gasteiger partial charge < -0.3 is 14.8 Å². The Labute approximate surface area is 86.2 Å². The molecule has 14 heavy (non-hydrogen) atoms. The lowest BCUT2D eigenvalue weighted by Gasteiger charge is -2.19. The first kappa shape index (κ1) is 10.4. The topological polar surface area (TPSA) is 30.5 Å². The molecule has 2 rings (SSSR count). The Morgan fingerprint density at radius 3 is 2.43 bits per heavy atom. The molecule has 0 radical (unpaired) electrons. The molecule has 82 valence electrons. The van der Waals surface area contributed by atoms with Crippen molar-refractivity contribution in [3.05, 3.63) is 0 Å². The second-order valence-corrected chi connectivity index (χ2v) is 4.49. The maximum absolute atomic E-state index is 5.95. The predicted molar refractivity (Wildman–Crippen MR) is 55.4 cm³/mol. The smallest absolute Gasteiger partial charge is 0.0842 e. The molecule has 0 aromatic rings. The van der Waals surface area contributed by atoms with Crippen molar-refractivity contribution in [2.24, 2.45) is 0 Å². The summed E-state index contributed by atoms with van der Waals surface area (Å²) in [4.78, 5) is 0. The first-order chi connectivity index (χ1) is 6.79. The Hall–Kier alpha value is -0.120. The van der Waals surface area contributed by atoms with Crippen LogP contribution < -0.4 is 5.32 Å². The molecule has 0 bridgehead atoms. The van der Waals surface area contributed by atoms with Crippen LogP contribution in [0.25, 0.3) is 0 Å². The fraction of sp³-hybridized carbons (Fsp3) is 1.00. The van der Waals surface area contributed by atoms with Crippen LogP contribution in [0.1, 0.15) is 32.6 Å². The number of hydrogen-bond acceptors (Lipinski definition) is 3. The van der Waals surface area contributed by atoms with Crippen molar-refractivity contribution in [3.63, 3.8) is 0 Å². The Balaban J connectivity index is 1.78. The lowest BCUT2D eigenvalue weighted by Crippen LogP contribution is -2.29. The van der Waals surface area contributed by atoms with Crippen molar-refractivity contribution < 1.29 is 9.47 Å². The lowest BCUT2D eigenvalue weighted by molar-refractivity contribution is -0.0603. The highest BCUT2D eigenvalue weighted by Gasteiger charge is 2.35. The van der Waals surface area contributed by atoms with E-state index in [4.69, 9.17) is 9.47 Å². The van der Waals surface area contributed by atoms with E-state index >= 15 is 0 Å². The van der Waals surface area contributed by atoms with E-state index in [1.165, 1.54) is 25.7 Å². The third-order valence-electron chi connectivity index (χ3n) is 3.25. The number of likely N-dealkylation sites (N-methyl/N-ethyl adjacent to an activating group) is 1. The summed E-state index contributed by atoms with van der Waals surface area (Å²) in [6, 6.07) is 0. The van der Waals surface area contributed by atoms with E-state index in [1.54, 1.807) is 0 Å². The molecule has 4 atom stereocenters. The number of ether oxygens (including phenoxy) is 2. The van der Waals surface area contributed by atoms with Gasteiger partial charge in [0, 0.05) is 6.54 Å². The molecule has 0 aliphatic carbocycles. The molecular formula is C11H21NO2. The standard InChI is InChI=1S/C11H21NO2/c1-8-3-5-10(13-8)11-6-4-9(14-11)7-12-2/h8-12H,3-7H2,1-2H3. The maximum Gasteiger partial charge on any atom is 0.0842 e.